The van der Waals surface area contributed by atoms with Crippen LogP contribution in [0.5, 0.6) is 0 Å². The summed E-state index contributed by atoms with van der Waals surface area (Å²) in [5.41, 5.74) is 0.372. The molecule has 0 aliphatic carbocycles. The van der Waals surface area contributed by atoms with E-state index >= 15 is 0 Å². The number of allylic oxidation sites excluding steroid dienone is 1. The Bertz CT molecular complexity index is 853. The number of nitrogens with zero attached hydrogens (tertiary/aromatic N) is 3. The van der Waals surface area contributed by atoms with Crippen LogP contribution < -0.4 is 5.32 Å². The molecule has 10 heteroatoms. The van der Waals surface area contributed by atoms with E-state index in [-0.39, 0.29) is 12.2 Å². The second-order valence-electron chi connectivity index (χ2n) is 6.67. The lowest BCUT2D eigenvalue weighted by Crippen LogP contribution is -2.48. The summed E-state index contributed by atoms with van der Waals surface area (Å²) in [6.45, 7) is 3.39. The third-order valence-electron chi connectivity index (χ3n) is 4.52. The summed E-state index contributed by atoms with van der Waals surface area (Å²) in [4.78, 5) is 8.17. The molecule has 8 nitrogen and oxygen atoms in total. The zero-order valence-corrected chi connectivity index (χ0v) is 16.9. The van der Waals surface area contributed by atoms with Gasteiger partial charge in [-0.15, -0.1) is 0 Å². The fraction of sp³-hybridized carbons (Fsp3) is 0.444. The molecule has 3 N–H and O–H groups in total. The quantitative estimate of drug-likeness (QED) is 0.559. The summed E-state index contributed by atoms with van der Waals surface area (Å²) in [5, 5.41) is 19.0. The van der Waals surface area contributed by atoms with Crippen LogP contribution in [0.4, 0.5) is 0 Å². The van der Waals surface area contributed by atoms with Gasteiger partial charge in [0.05, 0.1) is 37.6 Å². The first kappa shape index (κ1) is 19.5. The van der Waals surface area contributed by atoms with E-state index in [2.05, 4.69) is 20.4 Å². The molecule has 0 amide bonds. The van der Waals surface area contributed by atoms with Crippen LogP contribution in [0.15, 0.2) is 47.0 Å². The summed E-state index contributed by atoms with van der Waals surface area (Å²) < 4.78 is 13.2. The molecule has 0 aromatic carbocycles. The molecular weight excluding hydrogens is 402 g/mol. The van der Waals surface area contributed by atoms with Crippen LogP contribution in [0.3, 0.4) is 0 Å². The van der Waals surface area contributed by atoms with Crippen LogP contribution in [0, 0.1) is 0 Å². The molecule has 2 aliphatic heterocycles. The van der Waals surface area contributed by atoms with Gasteiger partial charge in [0.2, 0.25) is 0 Å². The molecule has 1 saturated heterocycles. The van der Waals surface area contributed by atoms with E-state index in [1.54, 1.807) is 23.3 Å². The molecule has 4 heterocycles. The molecule has 2 aromatic rings. The van der Waals surface area contributed by atoms with Crippen molar-refractivity contribution in [3.8, 4) is 11.4 Å². The largest absolute Gasteiger partial charge is 0.388 e. The van der Waals surface area contributed by atoms with Crippen LogP contribution in [0.25, 0.3) is 11.4 Å². The van der Waals surface area contributed by atoms with Gasteiger partial charge < -0.3 is 24.9 Å². The Kier molecular flexibility index (Phi) is 6.07. The first-order valence-electron chi connectivity index (χ1n) is 9.02. The third-order valence-corrected chi connectivity index (χ3v) is 5.92. The average molecular weight is 424 g/mol. The van der Waals surface area contributed by atoms with Crippen molar-refractivity contribution in [1.29, 1.82) is 0 Å². The topological polar surface area (TPSA) is 97.2 Å². The summed E-state index contributed by atoms with van der Waals surface area (Å²) in [5.74, 6) is 0.738. The maximum Gasteiger partial charge on any atom is 0.140 e. The van der Waals surface area contributed by atoms with Gasteiger partial charge in [0, 0.05) is 34.7 Å². The van der Waals surface area contributed by atoms with Gasteiger partial charge in [-0.3, -0.25) is 4.68 Å². The normalized spacial score (nSPS) is 24.0. The highest BCUT2D eigenvalue weighted by Gasteiger charge is 2.34. The van der Waals surface area contributed by atoms with Crippen molar-refractivity contribution >= 4 is 23.4 Å². The predicted molar refractivity (Wildman–Crippen MR) is 108 cm³/mol. The molecule has 0 saturated carbocycles. The van der Waals surface area contributed by atoms with E-state index < -0.39 is 11.5 Å². The Morgan fingerprint density at radius 1 is 1.54 bits per heavy atom. The maximum atomic E-state index is 10.9. The minimum atomic E-state index is -0.780. The van der Waals surface area contributed by atoms with Gasteiger partial charge >= 0.3 is 0 Å². The summed E-state index contributed by atoms with van der Waals surface area (Å²) in [6.07, 6.45) is 9.96. The highest BCUT2D eigenvalue weighted by Crippen LogP contribution is 2.32. The van der Waals surface area contributed by atoms with Crippen LogP contribution in [-0.4, -0.2) is 61.8 Å². The number of ether oxygens (including phenoxy) is 2. The van der Waals surface area contributed by atoms with Crippen molar-refractivity contribution in [1.82, 2.24) is 25.1 Å². The van der Waals surface area contributed by atoms with E-state index in [0.717, 1.165) is 16.3 Å². The van der Waals surface area contributed by atoms with Crippen molar-refractivity contribution in [2.45, 2.75) is 37.2 Å². The number of dihydropyridines is 1. The lowest BCUT2D eigenvalue weighted by Gasteiger charge is -2.37. The molecule has 2 aromatic heterocycles. The molecular formula is C18H22ClN5O3S. The monoisotopic (exact) mass is 423 g/mol. The lowest BCUT2D eigenvalue weighted by molar-refractivity contribution is -0.196. The smallest absolute Gasteiger partial charge is 0.140 e. The molecule has 0 radical (unpaired) electrons. The van der Waals surface area contributed by atoms with Gasteiger partial charge in [-0.2, -0.15) is 5.10 Å². The molecule has 2 aliphatic rings. The number of aromatic nitrogens is 4. The van der Waals surface area contributed by atoms with Crippen molar-refractivity contribution in [3.63, 3.8) is 0 Å². The molecule has 28 heavy (non-hydrogen) atoms. The average Bonchev–Trinajstić information content (AvgIpc) is 3.35. The standard InChI is InChI=1S/C18H22ClN5O3S/c1-11-16(10-26-11)27-18(28-14-4-13(19)6-20-7-14)15(25)9-24-8-12(5-23-24)17-21-2-3-22-17/h2-5,7-8,11,15-16,18,20,25H,6,9-10H2,1H3,(H,21,22)/t11?,15-,16?,18?/m0/s1. The first-order valence-corrected chi connectivity index (χ1v) is 10.3. The van der Waals surface area contributed by atoms with E-state index in [9.17, 15) is 5.11 Å². The van der Waals surface area contributed by atoms with E-state index in [0.29, 0.717) is 24.7 Å². The number of aliphatic hydroxyl groups is 1. The summed E-state index contributed by atoms with van der Waals surface area (Å²) in [7, 11) is 0. The van der Waals surface area contributed by atoms with Gasteiger partial charge in [0.15, 0.2) is 0 Å². The van der Waals surface area contributed by atoms with Crippen LogP contribution in [-0.2, 0) is 16.0 Å². The zero-order valence-electron chi connectivity index (χ0n) is 15.3. The molecule has 3 unspecified atom stereocenters. The molecule has 4 rings (SSSR count). The Hall–Kier alpha value is -1.78. The number of halogens is 1. The highest BCUT2D eigenvalue weighted by atomic mass is 35.5. The molecule has 1 fully saturated rings. The number of hydrogen-bond acceptors (Lipinski definition) is 7. The number of imidazole rings is 1. The molecule has 4 atom stereocenters. The summed E-state index contributed by atoms with van der Waals surface area (Å²) >= 11 is 7.55. The van der Waals surface area contributed by atoms with Gasteiger partial charge in [0.1, 0.15) is 23.5 Å². The van der Waals surface area contributed by atoms with Gasteiger partial charge in [0.25, 0.3) is 0 Å². The number of H-pyrrole nitrogens is 1. The number of aliphatic hydroxyl groups excluding tert-OH is 1. The Balaban J connectivity index is 1.44. The van der Waals surface area contributed by atoms with Crippen molar-refractivity contribution in [2.24, 2.45) is 0 Å². The Labute approximate surface area is 172 Å². The second kappa shape index (κ2) is 8.71. The van der Waals surface area contributed by atoms with Gasteiger partial charge in [-0.25, -0.2) is 4.98 Å². The fourth-order valence-electron chi connectivity index (χ4n) is 2.87. The van der Waals surface area contributed by atoms with E-state index in [1.807, 2.05) is 25.4 Å². The lowest BCUT2D eigenvalue weighted by atomic mass is 10.1. The number of nitrogens with one attached hydrogen (secondary N) is 2. The van der Waals surface area contributed by atoms with Crippen LogP contribution in [0.2, 0.25) is 0 Å². The van der Waals surface area contributed by atoms with Crippen molar-refractivity contribution in [2.75, 3.05) is 13.2 Å². The molecule has 150 valence electrons. The SMILES string of the molecule is CC1OCC1OC(SC1=CNCC(Cl)=C1)[C@@H](O)Cn1cc(-c2ncc[nH]2)cn1. The Morgan fingerprint density at radius 3 is 3.11 bits per heavy atom. The Morgan fingerprint density at radius 2 is 2.43 bits per heavy atom. The number of thioether (sulfide) groups is 1. The van der Waals surface area contributed by atoms with Gasteiger partial charge in [-0.1, -0.05) is 23.4 Å². The van der Waals surface area contributed by atoms with E-state index in [1.165, 1.54) is 11.8 Å². The minimum absolute atomic E-state index is 0.0168. The van der Waals surface area contributed by atoms with Crippen LogP contribution in [0.1, 0.15) is 6.92 Å². The summed E-state index contributed by atoms with van der Waals surface area (Å²) in [6, 6.07) is 0. The number of aromatic amines is 1. The van der Waals surface area contributed by atoms with Crippen molar-refractivity contribution < 1.29 is 14.6 Å². The number of hydrogen-bond donors (Lipinski definition) is 3. The molecule has 0 spiro atoms. The molecule has 0 bridgehead atoms. The minimum Gasteiger partial charge on any atom is -0.388 e. The van der Waals surface area contributed by atoms with Crippen molar-refractivity contribution in [3.05, 3.63) is 47.0 Å². The maximum absolute atomic E-state index is 10.9. The number of rotatable bonds is 8. The fourth-order valence-corrected chi connectivity index (χ4v) is 4.20. The van der Waals surface area contributed by atoms with Crippen LogP contribution >= 0.6 is 23.4 Å². The highest BCUT2D eigenvalue weighted by molar-refractivity contribution is 8.03. The zero-order chi connectivity index (χ0) is 19.5. The third kappa shape index (κ3) is 4.61. The van der Waals surface area contributed by atoms with E-state index in [4.69, 9.17) is 21.1 Å². The first-order chi connectivity index (χ1) is 13.6. The van der Waals surface area contributed by atoms with Gasteiger partial charge in [-0.05, 0) is 13.0 Å². The second-order valence-corrected chi connectivity index (χ2v) is 8.33. The predicted octanol–water partition coefficient (Wildman–Crippen LogP) is 2.06.